The molecule has 0 aliphatic rings. The molecule has 0 aliphatic carbocycles. The van der Waals surface area contributed by atoms with Crippen molar-refractivity contribution in [3.8, 4) is 0 Å². The highest BCUT2D eigenvalue weighted by atomic mass is 35.5. The summed E-state index contributed by atoms with van der Waals surface area (Å²) in [6, 6.07) is 17.2. The molecule has 36 heavy (non-hydrogen) atoms. The Morgan fingerprint density at radius 1 is 1.00 bits per heavy atom. The number of hydrogen-bond acceptors (Lipinski definition) is 4. The average molecular weight is 532 g/mol. The summed E-state index contributed by atoms with van der Waals surface area (Å²) < 4.78 is 42.8. The number of para-hydroxylation sites is 1. The van der Waals surface area contributed by atoms with Crippen molar-refractivity contribution < 1.29 is 22.4 Å². The zero-order chi connectivity index (χ0) is 26.5. The fourth-order valence-electron chi connectivity index (χ4n) is 3.61. The molecule has 0 unspecified atom stereocenters. The predicted octanol–water partition coefficient (Wildman–Crippen LogP) is 4.15. The fraction of sp³-hybridized carbons (Fsp3) is 0.231. The Balaban J connectivity index is 2.06. The standard InChI is InChI=1S/C26H27ClFN3O4S/c1-18-12-14-21(15-13-18)36(34,35)31(24-11-7-6-10-23(24)28)17-25(32)30(19(2)26(33)29-3)16-20-8-4-5-9-22(20)27/h4-15,19H,16-17H2,1-3H3,(H,29,33)/t19-/m0/s1. The molecule has 0 bridgehead atoms. The Morgan fingerprint density at radius 3 is 2.22 bits per heavy atom. The highest BCUT2D eigenvalue weighted by Gasteiger charge is 2.33. The quantitative estimate of drug-likeness (QED) is 0.449. The van der Waals surface area contributed by atoms with E-state index in [2.05, 4.69) is 5.32 Å². The van der Waals surface area contributed by atoms with Crippen molar-refractivity contribution in [1.82, 2.24) is 10.2 Å². The van der Waals surface area contributed by atoms with Crippen molar-refractivity contribution in [2.24, 2.45) is 0 Å². The number of carbonyl (C=O) groups excluding carboxylic acids is 2. The number of halogens is 2. The van der Waals surface area contributed by atoms with E-state index < -0.39 is 40.2 Å². The molecule has 3 rings (SSSR count). The average Bonchev–Trinajstić information content (AvgIpc) is 2.86. The monoisotopic (exact) mass is 531 g/mol. The van der Waals surface area contributed by atoms with Gasteiger partial charge in [-0.25, -0.2) is 12.8 Å². The molecule has 0 spiro atoms. The highest BCUT2D eigenvalue weighted by Crippen LogP contribution is 2.27. The minimum Gasteiger partial charge on any atom is -0.357 e. The third kappa shape index (κ3) is 6.03. The zero-order valence-corrected chi connectivity index (χ0v) is 21.7. The maximum Gasteiger partial charge on any atom is 0.264 e. The lowest BCUT2D eigenvalue weighted by atomic mass is 10.1. The van der Waals surface area contributed by atoms with E-state index in [4.69, 9.17) is 11.6 Å². The van der Waals surface area contributed by atoms with Gasteiger partial charge < -0.3 is 10.2 Å². The molecule has 1 atom stereocenters. The summed E-state index contributed by atoms with van der Waals surface area (Å²) in [5.41, 5.74) is 1.13. The molecule has 0 aliphatic heterocycles. The van der Waals surface area contributed by atoms with E-state index >= 15 is 0 Å². The van der Waals surface area contributed by atoms with Gasteiger partial charge in [0.15, 0.2) is 0 Å². The van der Waals surface area contributed by atoms with Gasteiger partial charge >= 0.3 is 0 Å². The number of sulfonamides is 1. The van der Waals surface area contributed by atoms with E-state index in [-0.39, 0.29) is 17.1 Å². The van der Waals surface area contributed by atoms with Crippen LogP contribution in [0.1, 0.15) is 18.1 Å². The lowest BCUT2D eigenvalue weighted by Crippen LogP contribution is -2.50. The molecule has 3 aromatic carbocycles. The Hall–Kier alpha value is -3.43. The SMILES string of the molecule is CNC(=O)[C@H](C)N(Cc1ccccc1Cl)C(=O)CN(c1ccccc1F)S(=O)(=O)c1ccc(C)cc1. The number of carbonyl (C=O) groups is 2. The summed E-state index contributed by atoms with van der Waals surface area (Å²) in [4.78, 5) is 27.2. The van der Waals surface area contributed by atoms with Gasteiger partial charge in [0.1, 0.15) is 18.4 Å². The van der Waals surface area contributed by atoms with E-state index in [0.717, 1.165) is 15.9 Å². The maximum atomic E-state index is 14.8. The van der Waals surface area contributed by atoms with Gasteiger partial charge in [-0.2, -0.15) is 0 Å². The Kier molecular flexibility index (Phi) is 8.70. The van der Waals surface area contributed by atoms with Crippen molar-refractivity contribution in [2.45, 2.75) is 31.3 Å². The van der Waals surface area contributed by atoms with Crippen molar-refractivity contribution in [1.29, 1.82) is 0 Å². The summed E-state index contributed by atoms with van der Waals surface area (Å²) >= 11 is 6.28. The number of benzene rings is 3. The van der Waals surface area contributed by atoms with Gasteiger partial charge in [-0.05, 0) is 49.7 Å². The number of rotatable bonds is 9. The molecule has 2 amide bonds. The van der Waals surface area contributed by atoms with E-state index in [1.54, 1.807) is 43.3 Å². The molecule has 0 saturated heterocycles. The molecule has 10 heteroatoms. The second-order valence-corrected chi connectivity index (χ2v) is 10.4. The van der Waals surface area contributed by atoms with Gasteiger partial charge in [0.25, 0.3) is 10.0 Å². The topological polar surface area (TPSA) is 86.8 Å². The minimum atomic E-state index is -4.34. The number of likely N-dealkylation sites (N-methyl/N-ethyl adjacent to an activating group) is 1. The van der Waals surface area contributed by atoms with Gasteiger partial charge in [0, 0.05) is 18.6 Å². The number of hydrogen-bond donors (Lipinski definition) is 1. The lowest BCUT2D eigenvalue weighted by Gasteiger charge is -2.32. The van der Waals surface area contributed by atoms with E-state index in [1.165, 1.54) is 49.2 Å². The molecule has 0 radical (unpaired) electrons. The van der Waals surface area contributed by atoms with Crippen LogP contribution in [0.4, 0.5) is 10.1 Å². The first-order valence-corrected chi connectivity index (χ1v) is 13.0. The van der Waals surface area contributed by atoms with Crippen LogP contribution in [0.3, 0.4) is 0 Å². The smallest absolute Gasteiger partial charge is 0.264 e. The Labute approximate surface area is 215 Å². The summed E-state index contributed by atoms with van der Waals surface area (Å²) in [5, 5.41) is 2.89. The minimum absolute atomic E-state index is 0.0528. The van der Waals surface area contributed by atoms with Crippen LogP contribution >= 0.6 is 11.6 Å². The molecule has 1 N–H and O–H groups in total. The molecule has 7 nitrogen and oxygen atoms in total. The van der Waals surface area contributed by atoms with Crippen LogP contribution in [0.25, 0.3) is 0 Å². The predicted molar refractivity (Wildman–Crippen MR) is 138 cm³/mol. The number of aryl methyl sites for hydroxylation is 1. The molecule has 3 aromatic rings. The molecule has 0 saturated carbocycles. The Morgan fingerprint density at radius 2 is 1.61 bits per heavy atom. The molecule has 0 aromatic heterocycles. The van der Waals surface area contributed by atoms with Gasteiger partial charge in [-0.3, -0.25) is 13.9 Å². The third-order valence-electron chi connectivity index (χ3n) is 5.72. The fourth-order valence-corrected chi connectivity index (χ4v) is 5.22. The molecule has 0 fully saturated rings. The summed E-state index contributed by atoms with van der Waals surface area (Å²) in [5.74, 6) is -1.96. The highest BCUT2D eigenvalue weighted by molar-refractivity contribution is 7.92. The van der Waals surface area contributed by atoms with Crippen molar-refractivity contribution in [3.05, 3.63) is 94.8 Å². The largest absolute Gasteiger partial charge is 0.357 e. The maximum absolute atomic E-state index is 14.8. The van der Waals surface area contributed by atoms with Crippen LogP contribution in [-0.2, 0) is 26.2 Å². The number of nitrogens with one attached hydrogen (secondary N) is 1. The van der Waals surface area contributed by atoms with Crippen LogP contribution < -0.4 is 9.62 Å². The molecule has 190 valence electrons. The first-order chi connectivity index (χ1) is 17.1. The van der Waals surface area contributed by atoms with Gasteiger partial charge in [-0.15, -0.1) is 0 Å². The summed E-state index contributed by atoms with van der Waals surface area (Å²) in [6.07, 6.45) is 0. The van der Waals surface area contributed by atoms with E-state index in [9.17, 15) is 22.4 Å². The van der Waals surface area contributed by atoms with Crippen molar-refractivity contribution in [3.63, 3.8) is 0 Å². The first kappa shape index (κ1) is 27.2. The van der Waals surface area contributed by atoms with Gasteiger partial charge in [-0.1, -0.05) is 59.6 Å². The lowest BCUT2D eigenvalue weighted by molar-refractivity contribution is -0.139. The van der Waals surface area contributed by atoms with Crippen molar-refractivity contribution in [2.75, 3.05) is 17.9 Å². The second kappa shape index (κ2) is 11.5. The van der Waals surface area contributed by atoms with E-state index in [0.29, 0.717) is 10.6 Å². The second-order valence-electron chi connectivity index (χ2n) is 8.18. The number of amides is 2. The molecular formula is C26H27ClFN3O4S. The normalized spacial score (nSPS) is 12.0. The number of nitrogens with zero attached hydrogens (tertiary/aromatic N) is 2. The summed E-state index contributed by atoms with van der Waals surface area (Å²) in [6.45, 7) is 2.54. The molecular weight excluding hydrogens is 505 g/mol. The van der Waals surface area contributed by atoms with E-state index in [1.807, 2.05) is 0 Å². The first-order valence-electron chi connectivity index (χ1n) is 11.1. The third-order valence-corrected chi connectivity index (χ3v) is 7.86. The van der Waals surface area contributed by atoms with Gasteiger partial charge in [0.2, 0.25) is 11.8 Å². The van der Waals surface area contributed by atoms with Crippen LogP contribution in [0.2, 0.25) is 5.02 Å². The number of anilines is 1. The van der Waals surface area contributed by atoms with Gasteiger partial charge in [0.05, 0.1) is 10.6 Å². The Bertz CT molecular complexity index is 1350. The van der Waals surface area contributed by atoms with Crippen LogP contribution in [0.5, 0.6) is 0 Å². The van der Waals surface area contributed by atoms with Crippen molar-refractivity contribution >= 4 is 39.1 Å². The van der Waals surface area contributed by atoms with Crippen LogP contribution in [-0.4, -0.2) is 44.8 Å². The van der Waals surface area contributed by atoms with Crippen LogP contribution in [0.15, 0.2) is 77.7 Å². The van der Waals surface area contributed by atoms with Crippen LogP contribution in [0, 0.1) is 12.7 Å². The zero-order valence-electron chi connectivity index (χ0n) is 20.1. The summed E-state index contributed by atoms with van der Waals surface area (Å²) in [7, 11) is -2.90. The molecule has 0 heterocycles.